The fraction of sp³-hybridized carbons (Fsp3) is 0.864. The van der Waals surface area contributed by atoms with E-state index in [0.29, 0.717) is 6.42 Å². The van der Waals surface area contributed by atoms with E-state index in [-0.39, 0.29) is 12.5 Å². The minimum atomic E-state index is -1.57. The molecule has 75 heavy (non-hydrogen) atoms. The molecule has 0 aromatic rings. The molecule has 0 radical (unpaired) electrons. The van der Waals surface area contributed by atoms with E-state index in [4.69, 9.17) is 9.47 Å². The van der Waals surface area contributed by atoms with Crippen LogP contribution in [0.15, 0.2) is 48.6 Å². The molecule has 9 nitrogen and oxygen atoms in total. The van der Waals surface area contributed by atoms with Gasteiger partial charge in [-0.15, -0.1) is 0 Å². The highest BCUT2D eigenvalue weighted by Gasteiger charge is 2.44. The van der Waals surface area contributed by atoms with Crippen molar-refractivity contribution in [3.8, 4) is 0 Å². The Balaban J connectivity index is 2.07. The molecule has 1 amide bonds. The molecule has 0 aromatic carbocycles. The molecule has 1 aliphatic rings. The average molecular weight is 1060 g/mol. The Morgan fingerprint density at radius 3 is 1.16 bits per heavy atom. The van der Waals surface area contributed by atoms with Gasteiger partial charge in [-0.2, -0.15) is 0 Å². The number of hydrogen-bond acceptors (Lipinski definition) is 8. The third-order valence-corrected chi connectivity index (χ3v) is 15.4. The fourth-order valence-electron chi connectivity index (χ4n) is 10.3. The maximum absolute atomic E-state index is 13.1. The van der Waals surface area contributed by atoms with Gasteiger partial charge in [0.1, 0.15) is 24.4 Å². The molecular formula is C66H123NO8. The Morgan fingerprint density at radius 2 is 0.787 bits per heavy atom. The summed E-state index contributed by atoms with van der Waals surface area (Å²) in [6.07, 6.45) is 67.8. The van der Waals surface area contributed by atoms with E-state index in [1.54, 1.807) is 6.08 Å². The van der Waals surface area contributed by atoms with Crippen molar-refractivity contribution in [2.45, 2.75) is 352 Å². The normalized spacial score (nSPS) is 19.2. The van der Waals surface area contributed by atoms with Crippen LogP contribution in [-0.4, -0.2) is 87.5 Å². The van der Waals surface area contributed by atoms with Gasteiger partial charge in [0.25, 0.3) is 0 Å². The summed E-state index contributed by atoms with van der Waals surface area (Å²) in [6, 6.07) is -0.803. The number of ether oxygens (including phenoxy) is 2. The summed E-state index contributed by atoms with van der Waals surface area (Å²) < 4.78 is 11.3. The molecule has 1 fully saturated rings. The third kappa shape index (κ3) is 44.7. The molecule has 0 bridgehead atoms. The highest BCUT2D eigenvalue weighted by Crippen LogP contribution is 2.23. The van der Waals surface area contributed by atoms with Crippen molar-refractivity contribution < 1.29 is 39.8 Å². The standard InChI is InChI=1S/C66H123NO8/c1-3-5-7-9-11-13-15-17-19-20-21-22-23-24-25-26-27-28-29-30-31-32-33-34-35-36-37-38-39-40-42-44-46-48-50-52-54-56-62(70)67-59(58-74-66-65(73)64(72)63(71)61(57-68)75-66)60(69)55-53-51-49-47-45-43-41-18-16-14-12-10-8-6-4-2/h15,17,20-21,23-24,53,55,59-61,63-66,68-69,71-73H,3-14,16,18-19,22,25-52,54,56-58H2,1-2H3,(H,67,70)/b17-15-,21-20-,24-23-,55-53+. The summed E-state index contributed by atoms with van der Waals surface area (Å²) in [7, 11) is 0. The number of carbonyl (C=O) groups excluding carboxylic acids is 1. The van der Waals surface area contributed by atoms with Crippen molar-refractivity contribution in [3.05, 3.63) is 48.6 Å². The van der Waals surface area contributed by atoms with E-state index in [9.17, 15) is 30.3 Å². The molecular weight excluding hydrogens is 935 g/mol. The van der Waals surface area contributed by atoms with Gasteiger partial charge in [0.15, 0.2) is 6.29 Å². The molecule has 9 heteroatoms. The number of hydrogen-bond donors (Lipinski definition) is 6. The predicted molar refractivity (Wildman–Crippen MR) is 318 cm³/mol. The lowest BCUT2D eigenvalue weighted by molar-refractivity contribution is -0.302. The number of unbranched alkanes of at least 4 members (excludes halogenated alkanes) is 40. The second kappa shape index (κ2) is 55.5. The molecule has 1 heterocycles. The van der Waals surface area contributed by atoms with Gasteiger partial charge >= 0.3 is 0 Å². The molecule has 1 saturated heterocycles. The zero-order valence-electron chi connectivity index (χ0n) is 49.1. The summed E-state index contributed by atoms with van der Waals surface area (Å²) in [5, 5.41) is 54.5. The molecule has 6 N–H and O–H groups in total. The van der Waals surface area contributed by atoms with E-state index in [1.165, 1.54) is 238 Å². The molecule has 440 valence electrons. The van der Waals surface area contributed by atoms with E-state index in [0.717, 1.165) is 51.4 Å². The summed E-state index contributed by atoms with van der Waals surface area (Å²) in [5.41, 5.74) is 0. The summed E-state index contributed by atoms with van der Waals surface area (Å²) in [6.45, 7) is 3.79. The zero-order valence-corrected chi connectivity index (χ0v) is 49.1. The van der Waals surface area contributed by atoms with Crippen LogP contribution in [0.1, 0.15) is 309 Å². The maximum atomic E-state index is 13.1. The Hall–Kier alpha value is -1.85. The van der Waals surface area contributed by atoms with Gasteiger partial charge in [-0.25, -0.2) is 0 Å². The molecule has 1 rings (SSSR count). The van der Waals surface area contributed by atoms with Crippen LogP contribution in [0.25, 0.3) is 0 Å². The number of aliphatic hydroxyl groups is 5. The topological polar surface area (TPSA) is 149 Å². The lowest BCUT2D eigenvalue weighted by Crippen LogP contribution is -2.60. The zero-order chi connectivity index (χ0) is 54.3. The Morgan fingerprint density at radius 1 is 0.453 bits per heavy atom. The molecule has 0 saturated carbocycles. The minimum Gasteiger partial charge on any atom is -0.394 e. The first-order valence-electron chi connectivity index (χ1n) is 32.4. The molecule has 0 aromatic heterocycles. The SMILES string of the molecule is CCCCCCC/C=C\C/C=C\C/C=C\CCCCCCCCCCCCCCCCCCCCCCCCC(=O)NC(COC1OC(CO)C(O)C(O)C1O)C(O)/C=C/CCCCCCCCCCCCCCC. The Bertz CT molecular complexity index is 1320. The van der Waals surface area contributed by atoms with Crippen LogP contribution in [-0.2, 0) is 14.3 Å². The first kappa shape index (κ1) is 71.2. The lowest BCUT2D eigenvalue weighted by Gasteiger charge is -2.40. The quantitative estimate of drug-likeness (QED) is 0.0261. The monoisotopic (exact) mass is 1060 g/mol. The van der Waals surface area contributed by atoms with Crippen molar-refractivity contribution in [1.82, 2.24) is 5.32 Å². The van der Waals surface area contributed by atoms with Crippen molar-refractivity contribution >= 4 is 5.91 Å². The van der Waals surface area contributed by atoms with Gasteiger partial charge in [-0.3, -0.25) is 4.79 Å². The van der Waals surface area contributed by atoms with Gasteiger partial charge in [-0.05, 0) is 57.8 Å². The fourth-order valence-corrected chi connectivity index (χ4v) is 10.3. The number of nitrogens with one attached hydrogen (secondary N) is 1. The Kier molecular flexibility index (Phi) is 52.6. The van der Waals surface area contributed by atoms with E-state index >= 15 is 0 Å². The largest absolute Gasteiger partial charge is 0.394 e. The number of rotatable bonds is 56. The molecule has 7 atom stereocenters. The van der Waals surface area contributed by atoms with Crippen LogP contribution in [0.2, 0.25) is 0 Å². The highest BCUT2D eigenvalue weighted by molar-refractivity contribution is 5.76. The van der Waals surface area contributed by atoms with Crippen LogP contribution < -0.4 is 5.32 Å². The van der Waals surface area contributed by atoms with Crippen LogP contribution in [0.3, 0.4) is 0 Å². The van der Waals surface area contributed by atoms with E-state index < -0.39 is 49.5 Å². The lowest BCUT2D eigenvalue weighted by atomic mass is 9.99. The van der Waals surface area contributed by atoms with Crippen molar-refractivity contribution in [2.75, 3.05) is 13.2 Å². The van der Waals surface area contributed by atoms with Gasteiger partial charge < -0.3 is 40.3 Å². The number of carbonyl (C=O) groups is 1. The number of allylic oxidation sites excluding steroid dienone is 7. The van der Waals surface area contributed by atoms with E-state index in [2.05, 4.69) is 55.6 Å². The molecule has 0 spiro atoms. The van der Waals surface area contributed by atoms with Gasteiger partial charge in [-0.1, -0.05) is 294 Å². The summed E-state index contributed by atoms with van der Waals surface area (Å²) in [5.74, 6) is -0.172. The highest BCUT2D eigenvalue weighted by atomic mass is 16.7. The van der Waals surface area contributed by atoms with Crippen molar-refractivity contribution in [1.29, 1.82) is 0 Å². The second-order valence-corrected chi connectivity index (χ2v) is 22.6. The minimum absolute atomic E-state index is 0.172. The summed E-state index contributed by atoms with van der Waals surface area (Å²) >= 11 is 0. The van der Waals surface area contributed by atoms with Crippen LogP contribution in [0.4, 0.5) is 0 Å². The molecule has 7 unspecified atom stereocenters. The smallest absolute Gasteiger partial charge is 0.220 e. The van der Waals surface area contributed by atoms with Crippen LogP contribution >= 0.6 is 0 Å². The first-order chi connectivity index (χ1) is 36.8. The van der Waals surface area contributed by atoms with Gasteiger partial charge in [0.2, 0.25) is 5.91 Å². The van der Waals surface area contributed by atoms with Crippen LogP contribution in [0, 0.1) is 0 Å². The molecule has 0 aliphatic carbocycles. The first-order valence-corrected chi connectivity index (χ1v) is 32.4. The third-order valence-electron chi connectivity index (χ3n) is 15.4. The maximum Gasteiger partial charge on any atom is 0.220 e. The van der Waals surface area contributed by atoms with Crippen molar-refractivity contribution in [3.63, 3.8) is 0 Å². The summed E-state index contributed by atoms with van der Waals surface area (Å²) in [4.78, 5) is 13.1. The van der Waals surface area contributed by atoms with Crippen molar-refractivity contribution in [2.24, 2.45) is 0 Å². The van der Waals surface area contributed by atoms with Gasteiger partial charge in [0, 0.05) is 6.42 Å². The second-order valence-electron chi connectivity index (χ2n) is 22.6. The predicted octanol–water partition coefficient (Wildman–Crippen LogP) is 16.9. The average Bonchev–Trinajstić information content (AvgIpc) is 3.41. The van der Waals surface area contributed by atoms with E-state index in [1.807, 2.05) is 6.08 Å². The van der Waals surface area contributed by atoms with Gasteiger partial charge in [0.05, 0.1) is 25.4 Å². The molecule has 1 aliphatic heterocycles. The van der Waals surface area contributed by atoms with Crippen LogP contribution in [0.5, 0.6) is 0 Å². The number of amides is 1. The number of aliphatic hydroxyl groups excluding tert-OH is 5. The Labute approximate surface area is 463 Å².